The van der Waals surface area contributed by atoms with Gasteiger partial charge in [-0.25, -0.2) is 0 Å². The molecule has 14 heavy (non-hydrogen) atoms. The minimum atomic E-state index is 0.700. The summed E-state index contributed by atoms with van der Waals surface area (Å²) >= 11 is 0. The Balaban J connectivity index is 2.67. The molecule has 0 amide bonds. The van der Waals surface area contributed by atoms with E-state index in [4.69, 9.17) is 5.26 Å². The van der Waals surface area contributed by atoms with Gasteiger partial charge in [-0.1, -0.05) is 6.08 Å². The molecule has 0 aliphatic carbocycles. The van der Waals surface area contributed by atoms with E-state index in [-0.39, 0.29) is 0 Å². The molecule has 0 saturated carbocycles. The fourth-order valence-corrected chi connectivity index (χ4v) is 1.20. The third-order valence-electron chi connectivity index (χ3n) is 2.11. The maximum atomic E-state index is 8.63. The van der Waals surface area contributed by atoms with Crippen LogP contribution < -0.4 is 4.90 Å². The van der Waals surface area contributed by atoms with Crippen LogP contribution in [0, 0.1) is 11.3 Å². The van der Waals surface area contributed by atoms with Gasteiger partial charge in [0.1, 0.15) is 0 Å². The Morgan fingerprint density at radius 1 is 1.43 bits per heavy atom. The van der Waals surface area contributed by atoms with Crippen molar-refractivity contribution in [1.29, 1.82) is 5.26 Å². The van der Waals surface area contributed by atoms with Gasteiger partial charge in [0, 0.05) is 19.3 Å². The molecular weight excluding hydrogens is 172 g/mol. The summed E-state index contributed by atoms with van der Waals surface area (Å²) in [5.74, 6) is 0. The molecule has 0 radical (unpaired) electrons. The SMILES string of the molecule is C=CCCN(C)c1ccc(C#N)cc1. The van der Waals surface area contributed by atoms with E-state index in [2.05, 4.69) is 17.5 Å². The lowest BCUT2D eigenvalue weighted by Gasteiger charge is -2.18. The second kappa shape index (κ2) is 5.08. The van der Waals surface area contributed by atoms with Gasteiger partial charge >= 0.3 is 0 Å². The third-order valence-corrected chi connectivity index (χ3v) is 2.11. The van der Waals surface area contributed by atoms with E-state index in [1.807, 2.05) is 37.4 Å². The number of hydrogen-bond donors (Lipinski definition) is 0. The maximum absolute atomic E-state index is 8.63. The lowest BCUT2D eigenvalue weighted by molar-refractivity contribution is 0.900. The highest BCUT2D eigenvalue weighted by molar-refractivity contribution is 5.48. The number of nitriles is 1. The van der Waals surface area contributed by atoms with Crippen LogP contribution in [0.25, 0.3) is 0 Å². The topological polar surface area (TPSA) is 27.0 Å². The van der Waals surface area contributed by atoms with Crippen molar-refractivity contribution >= 4 is 5.69 Å². The van der Waals surface area contributed by atoms with E-state index in [1.54, 1.807) is 0 Å². The van der Waals surface area contributed by atoms with E-state index < -0.39 is 0 Å². The number of rotatable bonds is 4. The van der Waals surface area contributed by atoms with Crippen LogP contribution in [0.3, 0.4) is 0 Å². The second-order valence-corrected chi connectivity index (χ2v) is 3.16. The van der Waals surface area contributed by atoms with Crippen molar-refractivity contribution in [3.63, 3.8) is 0 Å². The minimum absolute atomic E-state index is 0.700. The van der Waals surface area contributed by atoms with Crippen LogP contribution in [0.1, 0.15) is 12.0 Å². The molecule has 0 aliphatic heterocycles. The van der Waals surface area contributed by atoms with Crippen LogP contribution in [-0.2, 0) is 0 Å². The summed E-state index contributed by atoms with van der Waals surface area (Å²) in [6, 6.07) is 9.69. The molecule has 1 aromatic rings. The molecule has 72 valence electrons. The molecule has 0 saturated heterocycles. The van der Waals surface area contributed by atoms with Gasteiger partial charge < -0.3 is 4.90 Å². The Morgan fingerprint density at radius 2 is 2.07 bits per heavy atom. The number of hydrogen-bond acceptors (Lipinski definition) is 2. The summed E-state index contributed by atoms with van der Waals surface area (Å²) in [6.07, 6.45) is 2.87. The van der Waals surface area contributed by atoms with Crippen LogP contribution in [-0.4, -0.2) is 13.6 Å². The second-order valence-electron chi connectivity index (χ2n) is 3.16. The van der Waals surface area contributed by atoms with Gasteiger partial charge in [-0.05, 0) is 30.7 Å². The summed E-state index contributed by atoms with van der Waals surface area (Å²) in [5.41, 5.74) is 1.83. The molecule has 0 bridgehead atoms. The lowest BCUT2D eigenvalue weighted by atomic mass is 10.2. The fraction of sp³-hybridized carbons (Fsp3) is 0.250. The molecule has 0 aromatic heterocycles. The zero-order chi connectivity index (χ0) is 10.4. The molecule has 1 aromatic carbocycles. The van der Waals surface area contributed by atoms with Crippen molar-refractivity contribution in [2.45, 2.75) is 6.42 Å². The molecule has 0 heterocycles. The fourth-order valence-electron chi connectivity index (χ4n) is 1.20. The van der Waals surface area contributed by atoms with Crippen molar-refractivity contribution in [3.05, 3.63) is 42.5 Å². The first kappa shape index (κ1) is 10.3. The van der Waals surface area contributed by atoms with Crippen molar-refractivity contribution in [2.75, 3.05) is 18.5 Å². The first-order chi connectivity index (χ1) is 6.77. The van der Waals surface area contributed by atoms with Crippen LogP contribution in [0.2, 0.25) is 0 Å². The number of benzene rings is 1. The Bertz CT molecular complexity index is 332. The third kappa shape index (κ3) is 2.63. The summed E-state index contributed by atoms with van der Waals surface area (Å²) < 4.78 is 0. The monoisotopic (exact) mass is 186 g/mol. The Morgan fingerprint density at radius 3 is 2.57 bits per heavy atom. The van der Waals surface area contributed by atoms with Crippen molar-refractivity contribution in [1.82, 2.24) is 0 Å². The molecule has 1 rings (SSSR count). The first-order valence-electron chi connectivity index (χ1n) is 4.60. The zero-order valence-electron chi connectivity index (χ0n) is 8.40. The van der Waals surface area contributed by atoms with Crippen molar-refractivity contribution in [3.8, 4) is 6.07 Å². The summed E-state index contributed by atoms with van der Waals surface area (Å²) in [4.78, 5) is 2.14. The average Bonchev–Trinajstić information content (AvgIpc) is 2.26. The normalized spacial score (nSPS) is 9.14. The largest absolute Gasteiger partial charge is 0.374 e. The van der Waals surface area contributed by atoms with Gasteiger partial charge in [-0.15, -0.1) is 6.58 Å². The van der Waals surface area contributed by atoms with E-state index in [9.17, 15) is 0 Å². The van der Waals surface area contributed by atoms with Gasteiger partial charge in [0.15, 0.2) is 0 Å². The molecule has 0 fully saturated rings. The van der Waals surface area contributed by atoms with Crippen LogP contribution in [0.15, 0.2) is 36.9 Å². The van der Waals surface area contributed by atoms with E-state index in [0.29, 0.717) is 5.56 Å². The molecule has 0 N–H and O–H groups in total. The Labute approximate surface area is 85.1 Å². The number of anilines is 1. The first-order valence-corrected chi connectivity index (χ1v) is 4.60. The smallest absolute Gasteiger partial charge is 0.0991 e. The Hall–Kier alpha value is -1.75. The zero-order valence-corrected chi connectivity index (χ0v) is 8.40. The highest BCUT2D eigenvalue weighted by Crippen LogP contribution is 2.13. The molecule has 2 heteroatoms. The lowest BCUT2D eigenvalue weighted by Crippen LogP contribution is -2.17. The van der Waals surface area contributed by atoms with Crippen molar-refractivity contribution < 1.29 is 0 Å². The minimum Gasteiger partial charge on any atom is -0.374 e. The van der Waals surface area contributed by atoms with Gasteiger partial charge in [-0.3, -0.25) is 0 Å². The van der Waals surface area contributed by atoms with Crippen LogP contribution in [0.5, 0.6) is 0 Å². The van der Waals surface area contributed by atoms with E-state index in [0.717, 1.165) is 18.7 Å². The summed E-state index contributed by atoms with van der Waals surface area (Å²) in [6.45, 7) is 4.64. The molecule has 0 atom stereocenters. The predicted molar refractivity (Wildman–Crippen MR) is 59.2 cm³/mol. The predicted octanol–water partition coefficient (Wildman–Crippen LogP) is 2.57. The van der Waals surface area contributed by atoms with Crippen LogP contribution >= 0.6 is 0 Å². The molecule has 2 nitrogen and oxygen atoms in total. The maximum Gasteiger partial charge on any atom is 0.0991 e. The molecule has 0 unspecified atom stereocenters. The van der Waals surface area contributed by atoms with Gasteiger partial charge in [0.2, 0.25) is 0 Å². The standard InChI is InChI=1S/C12H14N2/c1-3-4-9-14(2)12-7-5-11(10-13)6-8-12/h3,5-8H,1,4,9H2,2H3. The highest BCUT2D eigenvalue weighted by atomic mass is 15.1. The van der Waals surface area contributed by atoms with Crippen molar-refractivity contribution in [2.24, 2.45) is 0 Å². The Kier molecular flexibility index (Phi) is 3.75. The van der Waals surface area contributed by atoms with Gasteiger partial charge in [-0.2, -0.15) is 5.26 Å². The molecule has 0 spiro atoms. The van der Waals surface area contributed by atoms with E-state index in [1.165, 1.54) is 0 Å². The van der Waals surface area contributed by atoms with Crippen LogP contribution in [0.4, 0.5) is 5.69 Å². The number of nitrogens with zero attached hydrogens (tertiary/aromatic N) is 2. The summed E-state index contributed by atoms with van der Waals surface area (Å²) in [5, 5.41) is 8.63. The molecular formula is C12H14N2. The summed E-state index contributed by atoms with van der Waals surface area (Å²) in [7, 11) is 2.03. The van der Waals surface area contributed by atoms with Gasteiger partial charge in [0.25, 0.3) is 0 Å². The van der Waals surface area contributed by atoms with E-state index >= 15 is 0 Å². The molecule has 0 aliphatic rings. The average molecular weight is 186 g/mol. The van der Waals surface area contributed by atoms with Gasteiger partial charge in [0.05, 0.1) is 11.6 Å². The highest BCUT2D eigenvalue weighted by Gasteiger charge is 1.98. The quantitative estimate of drug-likeness (QED) is 0.676.